The highest BCUT2D eigenvalue weighted by Crippen LogP contribution is 2.29. The second kappa shape index (κ2) is 10.2. The number of rotatable bonds is 9. The molecule has 0 radical (unpaired) electrons. The molecule has 3 rings (SSSR count). The highest BCUT2D eigenvalue weighted by Gasteiger charge is 2.22. The van der Waals surface area contributed by atoms with E-state index in [2.05, 4.69) is 10.3 Å². The van der Waals surface area contributed by atoms with E-state index in [9.17, 15) is 9.59 Å². The third kappa shape index (κ3) is 5.69. The Kier molecular flexibility index (Phi) is 7.46. The normalized spacial score (nSPS) is 13.9. The fourth-order valence-corrected chi connectivity index (χ4v) is 4.16. The molecule has 0 spiro atoms. The monoisotopic (exact) mass is 417 g/mol. The summed E-state index contributed by atoms with van der Waals surface area (Å²) in [5, 5.41) is 5.47. The van der Waals surface area contributed by atoms with Gasteiger partial charge in [-0.25, -0.2) is 4.98 Å². The molecule has 1 aliphatic carbocycles. The molecule has 7 nitrogen and oxygen atoms in total. The summed E-state index contributed by atoms with van der Waals surface area (Å²) in [5.74, 6) is 1.05. The molecule has 8 heteroatoms. The zero-order valence-electron chi connectivity index (χ0n) is 16.8. The second-order valence-corrected chi connectivity index (χ2v) is 7.91. The zero-order valence-corrected chi connectivity index (χ0v) is 17.7. The van der Waals surface area contributed by atoms with E-state index in [0.29, 0.717) is 23.2 Å². The van der Waals surface area contributed by atoms with Crippen molar-refractivity contribution in [2.45, 2.75) is 51.1 Å². The van der Waals surface area contributed by atoms with Crippen molar-refractivity contribution in [2.75, 3.05) is 19.1 Å². The Morgan fingerprint density at radius 3 is 2.59 bits per heavy atom. The molecule has 1 aromatic carbocycles. The first kappa shape index (κ1) is 21.1. The molecule has 1 heterocycles. The highest BCUT2D eigenvalue weighted by atomic mass is 32.1. The number of ether oxygens (including phenoxy) is 2. The van der Waals surface area contributed by atoms with Gasteiger partial charge in [-0.1, -0.05) is 18.9 Å². The molecular weight excluding hydrogens is 390 g/mol. The number of carbonyl (C=O) groups excluding carboxylic acids is 2. The van der Waals surface area contributed by atoms with Gasteiger partial charge in [0.05, 0.1) is 20.8 Å². The van der Waals surface area contributed by atoms with Crippen LogP contribution in [0.3, 0.4) is 0 Å². The number of carbonyl (C=O) groups is 2. The Labute approximate surface area is 175 Å². The van der Waals surface area contributed by atoms with Gasteiger partial charge >= 0.3 is 0 Å². The molecule has 2 amide bonds. The minimum Gasteiger partial charge on any atom is -0.493 e. The number of methoxy groups -OCH3 is 2. The van der Waals surface area contributed by atoms with Gasteiger partial charge in [0.25, 0.3) is 0 Å². The van der Waals surface area contributed by atoms with Crippen molar-refractivity contribution >= 4 is 28.3 Å². The first-order chi connectivity index (χ1) is 14.1. The Morgan fingerprint density at radius 1 is 1.17 bits per heavy atom. The van der Waals surface area contributed by atoms with Gasteiger partial charge in [-0.05, 0) is 30.5 Å². The van der Waals surface area contributed by atoms with Crippen LogP contribution in [0.1, 0.15) is 44.1 Å². The molecule has 1 fully saturated rings. The number of hydrogen-bond donors (Lipinski definition) is 1. The van der Waals surface area contributed by atoms with E-state index in [-0.39, 0.29) is 30.7 Å². The molecule has 1 N–H and O–H groups in total. The number of thiazole rings is 1. The lowest BCUT2D eigenvalue weighted by Crippen LogP contribution is -2.35. The van der Waals surface area contributed by atoms with Gasteiger partial charge in [0.1, 0.15) is 0 Å². The Morgan fingerprint density at radius 2 is 1.93 bits per heavy atom. The molecule has 0 unspecified atom stereocenters. The van der Waals surface area contributed by atoms with Crippen molar-refractivity contribution in [3.05, 3.63) is 35.3 Å². The molecule has 0 bridgehead atoms. The smallest absolute Gasteiger partial charge is 0.229 e. The maximum atomic E-state index is 12.9. The van der Waals surface area contributed by atoms with Crippen molar-refractivity contribution in [3.63, 3.8) is 0 Å². The van der Waals surface area contributed by atoms with Crippen LogP contribution in [-0.4, -0.2) is 37.1 Å². The molecule has 0 saturated heterocycles. The molecule has 1 saturated carbocycles. The largest absolute Gasteiger partial charge is 0.493 e. The summed E-state index contributed by atoms with van der Waals surface area (Å²) in [6, 6.07) is 5.81. The third-order valence-corrected chi connectivity index (χ3v) is 5.82. The summed E-state index contributed by atoms with van der Waals surface area (Å²) in [6.45, 7) is 0.344. The summed E-state index contributed by atoms with van der Waals surface area (Å²) in [7, 11) is 3.16. The van der Waals surface area contributed by atoms with Gasteiger partial charge < -0.3 is 14.8 Å². The third-order valence-electron chi connectivity index (χ3n) is 5.03. The van der Waals surface area contributed by atoms with Gasteiger partial charge in [-0.3, -0.25) is 14.5 Å². The van der Waals surface area contributed by atoms with Gasteiger partial charge in [-0.2, -0.15) is 0 Å². The molecule has 0 atom stereocenters. The number of hydrogen-bond acceptors (Lipinski definition) is 6. The summed E-state index contributed by atoms with van der Waals surface area (Å²) >= 11 is 1.39. The van der Waals surface area contributed by atoms with E-state index in [1.807, 2.05) is 23.6 Å². The van der Waals surface area contributed by atoms with Crippen LogP contribution in [0.2, 0.25) is 0 Å². The molecular formula is C21H27N3O4S. The van der Waals surface area contributed by atoms with Crippen LogP contribution in [0.15, 0.2) is 29.8 Å². The number of anilines is 1. The summed E-state index contributed by atoms with van der Waals surface area (Å²) in [5.41, 5.74) is 0.890. The maximum absolute atomic E-state index is 12.9. The molecule has 0 aliphatic heterocycles. The van der Waals surface area contributed by atoms with Crippen LogP contribution in [0.4, 0.5) is 5.13 Å². The lowest BCUT2D eigenvalue weighted by atomic mass is 10.1. The topological polar surface area (TPSA) is 80.8 Å². The molecule has 1 aromatic heterocycles. The lowest BCUT2D eigenvalue weighted by Gasteiger charge is -2.21. The maximum Gasteiger partial charge on any atom is 0.229 e. The van der Waals surface area contributed by atoms with E-state index < -0.39 is 0 Å². The fourth-order valence-electron chi connectivity index (χ4n) is 3.50. The molecule has 29 heavy (non-hydrogen) atoms. The quantitative estimate of drug-likeness (QED) is 0.675. The van der Waals surface area contributed by atoms with Crippen LogP contribution in [0.5, 0.6) is 11.5 Å². The van der Waals surface area contributed by atoms with E-state index in [1.165, 1.54) is 11.3 Å². The van der Waals surface area contributed by atoms with Crippen LogP contribution >= 0.6 is 11.3 Å². The average molecular weight is 418 g/mol. The minimum absolute atomic E-state index is 0.0598. The van der Waals surface area contributed by atoms with Crippen molar-refractivity contribution in [1.82, 2.24) is 10.3 Å². The van der Waals surface area contributed by atoms with E-state index in [0.717, 1.165) is 31.2 Å². The second-order valence-electron chi connectivity index (χ2n) is 7.03. The fraction of sp³-hybridized carbons (Fsp3) is 0.476. The lowest BCUT2D eigenvalue weighted by molar-refractivity contribution is -0.125. The Bertz CT molecular complexity index is 819. The predicted octanol–water partition coefficient (Wildman–Crippen LogP) is 3.53. The van der Waals surface area contributed by atoms with Crippen molar-refractivity contribution in [2.24, 2.45) is 0 Å². The van der Waals surface area contributed by atoms with E-state index in [4.69, 9.17) is 9.47 Å². The molecule has 1 aliphatic rings. The first-order valence-corrected chi connectivity index (χ1v) is 10.7. The van der Waals surface area contributed by atoms with Crippen LogP contribution in [0.25, 0.3) is 0 Å². The Balaban J connectivity index is 1.65. The number of nitrogens with zero attached hydrogens (tertiary/aromatic N) is 2. The van der Waals surface area contributed by atoms with Crippen molar-refractivity contribution < 1.29 is 19.1 Å². The predicted molar refractivity (Wildman–Crippen MR) is 112 cm³/mol. The van der Waals surface area contributed by atoms with Gasteiger partial charge in [0.15, 0.2) is 16.6 Å². The van der Waals surface area contributed by atoms with Crippen molar-refractivity contribution in [3.8, 4) is 11.5 Å². The molecule has 2 aromatic rings. The SMILES string of the molecule is COc1ccc(CN(C(=O)CCC(=O)NC2CCCC2)c2nccs2)cc1OC. The van der Waals surface area contributed by atoms with E-state index >= 15 is 0 Å². The standard InChI is InChI=1S/C21H27N3O4S/c1-27-17-8-7-15(13-18(17)28-2)14-24(21-22-11-12-29-21)20(26)10-9-19(25)23-16-5-3-4-6-16/h7-8,11-13,16H,3-6,9-10,14H2,1-2H3,(H,23,25). The number of benzene rings is 1. The minimum atomic E-state index is -0.128. The summed E-state index contributed by atoms with van der Waals surface area (Å²) in [6.07, 6.45) is 6.38. The molecule has 156 valence electrons. The van der Waals surface area contributed by atoms with Gasteiger partial charge in [0, 0.05) is 30.5 Å². The zero-order chi connectivity index (χ0) is 20.6. The van der Waals surface area contributed by atoms with Crippen LogP contribution < -0.4 is 19.7 Å². The number of amides is 2. The summed E-state index contributed by atoms with van der Waals surface area (Å²) in [4.78, 5) is 31.0. The van der Waals surface area contributed by atoms with Gasteiger partial charge in [-0.15, -0.1) is 11.3 Å². The van der Waals surface area contributed by atoms with Crippen LogP contribution in [-0.2, 0) is 16.1 Å². The average Bonchev–Trinajstić information content (AvgIpc) is 3.44. The number of nitrogens with one attached hydrogen (secondary N) is 1. The van der Waals surface area contributed by atoms with Gasteiger partial charge in [0.2, 0.25) is 11.8 Å². The number of aromatic nitrogens is 1. The highest BCUT2D eigenvalue weighted by molar-refractivity contribution is 7.13. The van der Waals surface area contributed by atoms with E-state index in [1.54, 1.807) is 25.3 Å². The first-order valence-electron chi connectivity index (χ1n) is 9.81. The summed E-state index contributed by atoms with van der Waals surface area (Å²) < 4.78 is 10.6. The Hall–Kier alpha value is -2.61. The van der Waals surface area contributed by atoms with Crippen LogP contribution in [0, 0.1) is 0 Å². The van der Waals surface area contributed by atoms with Crippen molar-refractivity contribution in [1.29, 1.82) is 0 Å².